The van der Waals surface area contributed by atoms with Crippen LogP contribution in [0.2, 0.25) is 0 Å². The summed E-state index contributed by atoms with van der Waals surface area (Å²) in [5, 5.41) is 4.32. The summed E-state index contributed by atoms with van der Waals surface area (Å²) in [6, 6.07) is 2.04. The molecule has 1 aromatic heterocycles. The van der Waals surface area contributed by atoms with E-state index < -0.39 is 0 Å². The molecule has 13 heavy (non-hydrogen) atoms. The summed E-state index contributed by atoms with van der Waals surface area (Å²) >= 11 is 0. The Morgan fingerprint density at radius 1 is 1.54 bits per heavy atom. The molecule has 4 heteroatoms. The minimum absolute atomic E-state index is 0.144. The molecule has 0 N–H and O–H groups in total. The topological polar surface area (TPSA) is 38.1 Å². The van der Waals surface area contributed by atoms with Gasteiger partial charge >= 0.3 is 0 Å². The first-order valence-electron chi connectivity index (χ1n) is 4.45. The lowest BCUT2D eigenvalue weighted by Crippen LogP contribution is -2.36. The highest BCUT2D eigenvalue weighted by Gasteiger charge is 2.18. The summed E-state index contributed by atoms with van der Waals surface area (Å²) in [6.45, 7) is 5.89. The summed E-state index contributed by atoms with van der Waals surface area (Å²) in [7, 11) is 0. The molecule has 0 spiro atoms. The van der Waals surface area contributed by atoms with Crippen molar-refractivity contribution in [2.24, 2.45) is 0 Å². The van der Waals surface area contributed by atoms with Crippen molar-refractivity contribution < 1.29 is 4.79 Å². The lowest BCUT2D eigenvalue weighted by Gasteiger charge is -2.26. The number of aromatic nitrogens is 2. The summed E-state index contributed by atoms with van der Waals surface area (Å²) in [5.41, 5.74) is 2.17. The van der Waals surface area contributed by atoms with E-state index in [1.807, 2.05) is 22.6 Å². The number of carbonyl (C=O) groups is 1. The molecule has 1 aromatic rings. The van der Waals surface area contributed by atoms with Crippen LogP contribution in [-0.2, 0) is 17.9 Å². The molecular formula is C9H13N3O. The molecule has 0 bridgehead atoms. The number of nitrogens with zero attached hydrogens (tertiary/aromatic N) is 3. The van der Waals surface area contributed by atoms with E-state index >= 15 is 0 Å². The van der Waals surface area contributed by atoms with E-state index in [-0.39, 0.29) is 5.91 Å². The summed E-state index contributed by atoms with van der Waals surface area (Å²) in [6.07, 6.45) is 0. The van der Waals surface area contributed by atoms with Gasteiger partial charge in [0.2, 0.25) is 5.91 Å². The molecule has 4 nitrogen and oxygen atoms in total. The van der Waals surface area contributed by atoms with Crippen LogP contribution in [0.15, 0.2) is 6.07 Å². The van der Waals surface area contributed by atoms with Crippen LogP contribution in [-0.4, -0.2) is 27.1 Å². The Kier molecular flexibility index (Phi) is 1.83. The molecule has 2 heterocycles. The molecule has 70 valence electrons. The average Bonchev–Trinajstić information content (AvgIpc) is 2.42. The van der Waals surface area contributed by atoms with Gasteiger partial charge in [-0.05, 0) is 13.0 Å². The Balaban J connectivity index is 2.24. The Bertz CT molecular complexity index is 343. The minimum Gasteiger partial charge on any atom is -0.335 e. The van der Waals surface area contributed by atoms with Crippen molar-refractivity contribution in [1.82, 2.24) is 14.7 Å². The zero-order valence-corrected chi connectivity index (χ0v) is 7.95. The van der Waals surface area contributed by atoms with E-state index in [4.69, 9.17) is 0 Å². The Morgan fingerprint density at radius 2 is 2.31 bits per heavy atom. The zero-order valence-electron chi connectivity index (χ0n) is 7.95. The fourth-order valence-electron chi connectivity index (χ4n) is 1.68. The lowest BCUT2D eigenvalue weighted by atomic mass is 10.3. The number of carbonyl (C=O) groups excluding carboxylic acids is 1. The maximum absolute atomic E-state index is 11.1. The van der Waals surface area contributed by atoms with Gasteiger partial charge in [-0.25, -0.2) is 0 Å². The van der Waals surface area contributed by atoms with Gasteiger partial charge in [-0.3, -0.25) is 9.48 Å². The van der Waals surface area contributed by atoms with Crippen molar-refractivity contribution >= 4 is 5.91 Å². The van der Waals surface area contributed by atoms with Crippen LogP contribution >= 0.6 is 0 Å². The maximum atomic E-state index is 11.1. The second-order valence-corrected chi connectivity index (χ2v) is 3.44. The van der Waals surface area contributed by atoms with E-state index in [1.54, 1.807) is 6.92 Å². The van der Waals surface area contributed by atoms with Gasteiger partial charge in [-0.15, -0.1) is 0 Å². The predicted octanol–water partition coefficient (Wildman–Crippen LogP) is 0.554. The zero-order chi connectivity index (χ0) is 9.42. The average molecular weight is 179 g/mol. The fourth-order valence-corrected chi connectivity index (χ4v) is 1.68. The molecular weight excluding hydrogens is 166 g/mol. The molecule has 0 saturated heterocycles. The standard InChI is InChI=1S/C9H13N3O/c1-7-5-9-6-11(8(2)13)3-4-12(9)10-7/h5H,3-4,6H2,1-2H3. The molecule has 0 saturated carbocycles. The number of hydrogen-bond acceptors (Lipinski definition) is 2. The monoisotopic (exact) mass is 179 g/mol. The van der Waals surface area contributed by atoms with Crippen LogP contribution < -0.4 is 0 Å². The second kappa shape index (κ2) is 2.87. The third-order valence-electron chi connectivity index (χ3n) is 2.37. The van der Waals surface area contributed by atoms with Gasteiger partial charge in [0, 0.05) is 13.5 Å². The molecule has 0 aromatic carbocycles. The van der Waals surface area contributed by atoms with Gasteiger partial charge < -0.3 is 4.90 Å². The highest BCUT2D eigenvalue weighted by atomic mass is 16.2. The smallest absolute Gasteiger partial charge is 0.219 e. The Labute approximate surface area is 77.1 Å². The van der Waals surface area contributed by atoms with Gasteiger partial charge in [0.15, 0.2) is 0 Å². The van der Waals surface area contributed by atoms with E-state index in [0.717, 1.165) is 24.5 Å². The largest absolute Gasteiger partial charge is 0.335 e. The second-order valence-electron chi connectivity index (χ2n) is 3.44. The highest BCUT2D eigenvalue weighted by molar-refractivity contribution is 5.73. The molecule has 2 rings (SSSR count). The quantitative estimate of drug-likeness (QED) is 0.583. The first kappa shape index (κ1) is 8.29. The fraction of sp³-hybridized carbons (Fsp3) is 0.556. The summed E-state index contributed by atoms with van der Waals surface area (Å²) in [4.78, 5) is 13.0. The number of hydrogen-bond donors (Lipinski definition) is 0. The summed E-state index contributed by atoms with van der Waals surface area (Å²) in [5.74, 6) is 0.144. The molecule has 0 fully saturated rings. The Morgan fingerprint density at radius 3 is 3.00 bits per heavy atom. The first-order valence-corrected chi connectivity index (χ1v) is 4.45. The SMILES string of the molecule is CC(=O)N1CCn2nc(C)cc2C1. The summed E-state index contributed by atoms with van der Waals surface area (Å²) < 4.78 is 1.98. The van der Waals surface area contributed by atoms with Crippen LogP contribution in [0.4, 0.5) is 0 Å². The molecule has 0 atom stereocenters. The predicted molar refractivity (Wildman–Crippen MR) is 48.1 cm³/mol. The van der Waals surface area contributed by atoms with Gasteiger partial charge in [-0.2, -0.15) is 5.10 Å². The van der Waals surface area contributed by atoms with E-state index in [1.165, 1.54) is 0 Å². The number of aryl methyl sites for hydroxylation is 1. The van der Waals surface area contributed by atoms with Crippen molar-refractivity contribution in [1.29, 1.82) is 0 Å². The van der Waals surface area contributed by atoms with Gasteiger partial charge in [0.05, 0.1) is 24.5 Å². The molecule has 1 aliphatic rings. The van der Waals surface area contributed by atoms with Crippen LogP contribution in [0.25, 0.3) is 0 Å². The number of amides is 1. The van der Waals surface area contributed by atoms with Crippen LogP contribution in [0.1, 0.15) is 18.3 Å². The van der Waals surface area contributed by atoms with Gasteiger partial charge in [0.25, 0.3) is 0 Å². The van der Waals surface area contributed by atoms with Crippen molar-refractivity contribution in [3.8, 4) is 0 Å². The molecule has 0 unspecified atom stereocenters. The van der Waals surface area contributed by atoms with Crippen molar-refractivity contribution in [2.75, 3.05) is 6.54 Å². The van der Waals surface area contributed by atoms with Crippen LogP contribution in [0.3, 0.4) is 0 Å². The van der Waals surface area contributed by atoms with Crippen molar-refractivity contribution in [2.45, 2.75) is 26.9 Å². The van der Waals surface area contributed by atoms with Crippen molar-refractivity contribution in [3.63, 3.8) is 0 Å². The highest BCUT2D eigenvalue weighted by Crippen LogP contribution is 2.12. The van der Waals surface area contributed by atoms with Gasteiger partial charge in [0.1, 0.15) is 0 Å². The normalized spacial score (nSPS) is 15.7. The molecule has 0 aliphatic carbocycles. The number of fused-ring (bicyclic) bond motifs is 1. The molecule has 1 amide bonds. The number of rotatable bonds is 0. The molecule has 1 aliphatic heterocycles. The third-order valence-corrected chi connectivity index (χ3v) is 2.37. The lowest BCUT2D eigenvalue weighted by molar-refractivity contribution is -0.130. The van der Waals surface area contributed by atoms with Gasteiger partial charge in [-0.1, -0.05) is 0 Å². The van der Waals surface area contributed by atoms with Crippen molar-refractivity contribution in [3.05, 3.63) is 17.5 Å². The first-order chi connectivity index (χ1) is 6.16. The van der Waals surface area contributed by atoms with E-state index in [9.17, 15) is 4.79 Å². The minimum atomic E-state index is 0.144. The third kappa shape index (κ3) is 1.43. The van der Waals surface area contributed by atoms with Crippen LogP contribution in [0, 0.1) is 6.92 Å². The van der Waals surface area contributed by atoms with Crippen LogP contribution in [0.5, 0.6) is 0 Å². The maximum Gasteiger partial charge on any atom is 0.219 e. The van der Waals surface area contributed by atoms with E-state index in [2.05, 4.69) is 5.10 Å². The van der Waals surface area contributed by atoms with E-state index in [0.29, 0.717) is 6.54 Å². The Hall–Kier alpha value is -1.32. The molecule has 0 radical (unpaired) electrons.